The minimum absolute atomic E-state index is 0.163. The van der Waals surface area contributed by atoms with Gasteiger partial charge in [0.05, 0.1) is 5.69 Å². The molecule has 1 aromatic heterocycles. The van der Waals surface area contributed by atoms with Gasteiger partial charge in [-0.1, -0.05) is 42.9 Å². The normalized spacial score (nSPS) is 10.7. The lowest BCUT2D eigenvalue weighted by molar-refractivity contribution is 0.102. The first kappa shape index (κ1) is 13.5. The van der Waals surface area contributed by atoms with Gasteiger partial charge in [-0.3, -0.25) is 10.1 Å². The molecule has 0 aliphatic rings. The number of nitrogen functional groups attached to an aromatic ring is 1. The van der Waals surface area contributed by atoms with Gasteiger partial charge in [-0.25, -0.2) is 4.98 Å². The van der Waals surface area contributed by atoms with Crippen LogP contribution in [-0.2, 0) is 0 Å². The average molecular weight is 275 g/mol. The fourth-order valence-electron chi connectivity index (χ4n) is 1.69. The van der Waals surface area contributed by atoms with Crippen LogP contribution in [0.3, 0.4) is 0 Å². The van der Waals surface area contributed by atoms with Crippen LogP contribution < -0.4 is 11.1 Å². The molecule has 0 aliphatic heterocycles. The van der Waals surface area contributed by atoms with Gasteiger partial charge < -0.3 is 5.73 Å². The number of aromatic nitrogens is 1. The molecule has 19 heavy (non-hydrogen) atoms. The van der Waals surface area contributed by atoms with Gasteiger partial charge in [-0.2, -0.15) is 0 Å². The molecule has 0 bridgehead atoms. The van der Waals surface area contributed by atoms with Gasteiger partial charge in [0.15, 0.2) is 5.13 Å². The molecule has 2 aromatic rings. The van der Waals surface area contributed by atoms with E-state index in [1.165, 1.54) is 11.3 Å². The van der Waals surface area contributed by atoms with Crippen molar-refractivity contribution in [3.05, 3.63) is 41.1 Å². The van der Waals surface area contributed by atoms with Crippen LogP contribution in [0, 0.1) is 6.92 Å². The van der Waals surface area contributed by atoms with Crippen molar-refractivity contribution < 1.29 is 4.79 Å². The number of aryl methyl sites for hydroxylation is 1. The summed E-state index contributed by atoms with van der Waals surface area (Å²) in [5.74, 6) is 0.0883. The smallest absolute Gasteiger partial charge is 0.257 e. The highest BCUT2D eigenvalue weighted by Gasteiger charge is 2.14. The Bertz CT molecular complexity index is 587. The lowest BCUT2D eigenvalue weighted by Crippen LogP contribution is -2.11. The summed E-state index contributed by atoms with van der Waals surface area (Å²) < 4.78 is 0. The van der Waals surface area contributed by atoms with E-state index < -0.39 is 0 Å². The van der Waals surface area contributed by atoms with E-state index in [4.69, 9.17) is 5.73 Å². The molecule has 1 amide bonds. The molecule has 1 aromatic carbocycles. The van der Waals surface area contributed by atoms with Gasteiger partial charge in [0.2, 0.25) is 0 Å². The Labute approximate surface area is 116 Å². The van der Waals surface area contributed by atoms with Crippen LogP contribution >= 0.6 is 11.3 Å². The van der Waals surface area contributed by atoms with Crippen LogP contribution in [0.4, 0.5) is 10.1 Å². The SMILES string of the molecule is Cc1ccc(C(=O)Nc2nc(C(C)C)c(N)s2)cc1. The van der Waals surface area contributed by atoms with E-state index in [9.17, 15) is 4.79 Å². The van der Waals surface area contributed by atoms with E-state index in [1.807, 2.05) is 32.9 Å². The van der Waals surface area contributed by atoms with Crippen molar-refractivity contribution in [2.24, 2.45) is 0 Å². The Hall–Kier alpha value is -1.88. The second-order valence-corrected chi connectivity index (χ2v) is 5.77. The molecular weight excluding hydrogens is 258 g/mol. The first-order valence-electron chi connectivity index (χ1n) is 6.11. The first-order valence-corrected chi connectivity index (χ1v) is 6.93. The fraction of sp³-hybridized carbons (Fsp3) is 0.286. The highest BCUT2D eigenvalue weighted by molar-refractivity contribution is 7.19. The summed E-state index contributed by atoms with van der Waals surface area (Å²) in [7, 11) is 0. The fourth-order valence-corrected chi connectivity index (χ4v) is 2.57. The Kier molecular flexibility index (Phi) is 3.85. The zero-order valence-electron chi connectivity index (χ0n) is 11.2. The maximum atomic E-state index is 12.0. The molecule has 0 spiro atoms. The maximum absolute atomic E-state index is 12.0. The van der Waals surface area contributed by atoms with Gasteiger partial charge >= 0.3 is 0 Å². The van der Waals surface area contributed by atoms with Gasteiger partial charge in [0.25, 0.3) is 5.91 Å². The van der Waals surface area contributed by atoms with E-state index in [-0.39, 0.29) is 11.8 Å². The predicted octanol–water partition coefficient (Wildman–Crippen LogP) is 3.41. The van der Waals surface area contributed by atoms with Crippen molar-refractivity contribution in [3.8, 4) is 0 Å². The summed E-state index contributed by atoms with van der Waals surface area (Å²) in [6.07, 6.45) is 0. The number of thiazole rings is 1. The molecule has 1 heterocycles. The van der Waals surface area contributed by atoms with E-state index >= 15 is 0 Å². The number of nitrogens with one attached hydrogen (secondary N) is 1. The molecule has 0 radical (unpaired) electrons. The van der Waals surface area contributed by atoms with Crippen LogP contribution in [0.15, 0.2) is 24.3 Å². The number of nitrogens with zero attached hydrogens (tertiary/aromatic N) is 1. The van der Waals surface area contributed by atoms with Gasteiger partial charge in [0, 0.05) is 5.56 Å². The Morgan fingerprint density at radius 1 is 1.32 bits per heavy atom. The molecule has 0 fully saturated rings. The van der Waals surface area contributed by atoms with E-state index in [1.54, 1.807) is 12.1 Å². The summed E-state index contributed by atoms with van der Waals surface area (Å²) in [5.41, 5.74) is 8.46. The molecule has 0 unspecified atom stereocenters. The van der Waals surface area contributed by atoms with E-state index in [2.05, 4.69) is 10.3 Å². The zero-order chi connectivity index (χ0) is 14.0. The van der Waals surface area contributed by atoms with Crippen molar-refractivity contribution in [2.45, 2.75) is 26.7 Å². The molecule has 0 saturated heterocycles. The monoisotopic (exact) mass is 275 g/mol. The van der Waals surface area contributed by atoms with Crippen molar-refractivity contribution in [1.82, 2.24) is 4.98 Å². The highest BCUT2D eigenvalue weighted by Crippen LogP contribution is 2.30. The quantitative estimate of drug-likeness (QED) is 0.902. The molecule has 0 atom stereocenters. The number of benzene rings is 1. The number of carbonyl (C=O) groups excluding carboxylic acids is 1. The summed E-state index contributed by atoms with van der Waals surface area (Å²) in [6, 6.07) is 7.41. The van der Waals surface area contributed by atoms with E-state index in [0.29, 0.717) is 15.7 Å². The van der Waals surface area contributed by atoms with Gasteiger partial charge in [-0.05, 0) is 25.0 Å². The standard InChI is InChI=1S/C14H17N3OS/c1-8(2)11-12(15)19-14(16-11)17-13(18)10-6-4-9(3)5-7-10/h4-8H,15H2,1-3H3,(H,16,17,18). The summed E-state index contributed by atoms with van der Waals surface area (Å²) in [4.78, 5) is 16.4. The number of hydrogen-bond acceptors (Lipinski definition) is 4. The average Bonchev–Trinajstić information content (AvgIpc) is 2.71. The van der Waals surface area contributed by atoms with Crippen molar-refractivity contribution in [2.75, 3.05) is 11.1 Å². The third-order valence-corrected chi connectivity index (χ3v) is 3.58. The minimum atomic E-state index is -0.163. The predicted molar refractivity (Wildman–Crippen MR) is 79.7 cm³/mol. The molecule has 100 valence electrons. The van der Waals surface area contributed by atoms with Crippen LogP contribution in [0.2, 0.25) is 0 Å². The molecule has 0 aliphatic carbocycles. The Morgan fingerprint density at radius 2 is 1.95 bits per heavy atom. The van der Waals surface area contributed by atoms with E-state index in [0.717, 1.165) is 11.3 Å². The molecular formula is C14H17N3OS. The first-order chi connectivity index (χ1) is 8.97. The largest absolute Gasteiger partial charge is 0.389 e. The molecule has 3 N–H and O–H groups in total. The number of carbonyl (C=O) groups is 1. The third-order valence-electron chi connectivity index (χ3n) is 2.76. The molecule has 2 rings (SSSR count). The summed E-state index contributed by atoms with van der Waals surface area (Å²) in [5, 5.41) is 3.99. The Morgan fingerprint density at radius 3 is 2.47 bits per heavy atom. The second kappa shape index (κ2) is 5.40. The lowest BCUT2D eigenvalue weighted by Gasteiger charge is -2.02. The number of amides is 1. The number of nitrogens with two attached hydrogens (primary N) is 1. The molecule has 5 heteroatoms. The molecule has 4 nitrogen and oxygen atoms in total. The minimum Gasteiger partial charge on any atom is -0.389 e. The van der Waals surface area contributed by atoms with Crippen molar-refractivity contribution in [3.63, 3.8) is 0 Å². The van der Waals surface area contributed by atoms with Crippen LogP contribution in [0.5, 0.6) is 0 Å². The summed E-state index contributed by atoms with van der Waals surface area (Å²) in [6.45, 7) is 6.03. The van der Waals surface area contributed by atoms with Crippen molar-refractivity contribution in [1.29, 1.82) is 0 Å². The number of anilines is 2. The molecule has 0 saturated carbocycles. The van der Waals surface area contributed by atoms with Crippen LogP contribution in [0.25, 0.3) is 0 Å². The second-order valence-electron chi connectivity index (χ2n) is 4.74. The van der Waals surface area contributed by atoms with Gasteiger partial charge in [0.1, 0.15) is 5.00 Å². The van der Waals surface area contributed by atoms with Crippen molar-refractivity contribution >= 4 is 27.4 Å². The maximum Gasteiger partial charge on any atom is 0.257 e. The lowest BCUT2D eigenvalue weighted by atomic mass is 10.1. The topological polar surface area (TPSA) is 68.0 Å². The summed E-state index contributed by atoms with van der Waals surface area (Å²) >= 11 is 1.30. The van der Waals surface area contributed by atoms with Gasteiger partial charge in [-0.15, -0.1) is 0 Å². The third kappa shape index (κ3) is 3.12. The Balaban J connectivity index is 2.15. The number of hydrogen-bond donors (Lipinski definition) is 2. The van der Waals surface area contributed by atoms with Crippen LogP contribution in [0.1, 0.15) is 41.4 Å². The number of rotatable bonds is 3. The van der Waals surface area contributed by atoms with Crippen LogP contribution in [-0.4, -0.2) is 10.9 Å². The zero-order valence-corrected chi connectivity index (χ0v) is 12.0. The highest BCUT2D eigenvalue weighted by atomic mass is 32.1.